The highest BCUT2D eigenvalue weighted by molar-refractivity contribution is 8.03. The predicted molar refractivity (Wildman–Crippen MR) is 120 cm³/mol. The maximum Gasteiger partial charge on any atom is 0.253 e. The van der Waals surface area contributed by atoms with E-state index in [1.807, 2.05) is 6.92 Å². The van der Waals surface area contributed by atoms with Crippen LogP contribution in [0.4, 0.5) is 0 Å². The third kappa shape index (κ3) is 12.1. The number of hydrogen-bond donors (Lipinski definition) is 2. The van der Waals surface area contributed by atoms with Gasteiger partial charge in [-0.2, -0.15) is 0 Å². The third-order valence-electron chi connectivity index (χ3n) is 4.53. The van der Waals surface area contributed by atoms with Crippen molar-refractivity contribution in [1.82, 2.24) is 15.5 Å². The van der Waals surface area contributed by atoms with Gasteiger partial charge in [-0.1, -0.05) is 13.3 Å². The van der Waals surface area contributed by atoms with Crippen LogP contribution in [0.1, 0.15) is 32.6 Å². The minimum Gasteiger partial charge on any atom is -0.377 e. The largest absolute Gasteiger partial charge is 0.377 e. The van der Waals surface area contributed by atoms with Crippen LogP contribution in [0.25, 0.3) is 0 Å². The zero-order chi connectivity index (χ0) is 23.8. The number of carbonyl (C=O) groups excluding carboxylic acids is 5. The van der Waals surface area contributed by atoms with E-state index >= 15 is 0 Å². The van der Waals surface area contributed by atoms with Gasteiger partial charge in [0.1, 0.15) is 6.61 Å². The lowest BCUT2D eigenvalue weighted by Crippen LogP contribution is -2.35. The van der Waals surface area contributed by atoms with E-state index in [0.717, 1.165) is 24.2 Å². The highest BCUT2D eigenvalue weighted by atomic mass is 32.4. The zero-order valence-electron chi connectivity index (χ0n) is 18.2. The van der Waals surface area contributed by atoms with Crippen LogP contribution < -0.4 is 10.6 Å². The summed E-state index contributed by atoms with van der Waals surface area (Å²) in [6.07, 6.45) is 4.78. The number of rotatable bonds is 18. The molecule has 0 aromatic heterocycles. The van der Waals surface area contributed by atoms with E-state index in [2.05, 4.69) is 10.6 Å². The van der Waals surface area contributed by atoms with Crippen molar-refractivity contribution < 1.29 is 33.4 Å². The molecule has 1 heterocycles. The van der Waals surface area contributed by atoms with Crippen LogP contribution in [0.3, 0.4) is 0 Å². The Morgan fingerprint density at radius 2 is 1.66 bits per heavy atom. The van der Waals surface area contributed by atoms with Crippen molar-refractivity contribution >= 4 is 48.3 Å². The number of hydrogen-bond acceptors (Lipinski definition) is 8. The summed E-state index contributed by atoms with van der Waals surface area (Å²) in [6, 6.07) is 0. The van der Waals surface area contributed by atoms with E-state index in [-0.39, 0.29) is 69.2 Å². The minimum atomic E-state index is -0.411. The van der Waals surface area contributed by atoms with Crippen molar-refractivity contribution in [3.63, 3.8) is 0 Å². The molecule has 4 amide bonds. The van der Waals surface area contributed by atoms with E-state index in [9.17, 15) is 24.0 Å². The standard InChI is InChI=1S/C20H30N3O7PS/c1-15(20(28)31-32)4-2-3-8-21-17(25)14-30-13-12-29-11-9-22-16(24)7-10-23-18(26)5-6-19(23)27/h5-6,15H,2-4,7-14H2,1H3,(H,21,25)(H,22,24)/t15-/m0/s1. The smallest absolute Gasteiger partial charge is 0.253 e. The normalized spacial score (nSPS) is 14.1. The first kappa shape index (κ1) is 28.0. The predicted octanol–water partition coefficient (Wildman–Crippen LogP) is 0.308. The molecular weight excluding hydrogens is 457 g/mol. The summed E-state index contributed by atoms with van der Waals surface area (Å²) in [5.74, 6) is -1.35. The molecular formula is C20H30N3O7PS. The molecule has 0 spiro atoms. The van der Waals surface area contributed by atoms with Crippen molar-refractivity contribution in [3.05, 3.63) is 12.2 Å². The molecule has 1 rings (SSSR count). The Hall–Kier alpha value is -2.07. The fraction of sp³-hybridized carbons (Fsp3) is 0.650. The first-order chi connectivity index (χ1) is 15.3. The van der Waals surface area contributed by atoms with E-state index in [1.165, 1.54) is 12.2 Å². The summed E-state index contributed by atoms with van der Waals surface area (Å²) in [5, 5.41) is 5.38. The van der Waals surface area contributed by atoms with Gasteiger partial charge < -0.3 is 20.1 Å². The molecule has 0 saturated heterocycles. The Morgan fingerprint density at radius 3 is 2.34 bits per heavy atom. The zero-order valence-corrected chi connectivity index (χ0v) is 19.9. The van der Waals surface area contributed by atoms with Crippen molar-refractivity contribution in [1.29, 1.82) is 0 Å². The Bertz CT molecular complexity index is 699. The Balaban J connectivity index is 1.89. The van der Waals surface area contributed by atoms with E-state index in [1.54, 1.807) is 0 Å². The topological polar surface area (TPSA) is 131 Å². The minimum absolute atomic E-state index is 0.0305. The van der Waals surface area contributed by atoms with Crippen LogP contribution in [0.15, 0.2) is 12.2 Å². The van der Waals surface area contributed by atoms with Crippen molar-refractivity contribution in [3.8, 4) is 0 Å². The van der Waals surface area contributed by atoms with Crippen LogP contribution in [0, 0.1) is 5.92 Å². The number of ether oxygens (including phenoxy) is 2. The van der Waals surface area contributed by atoms with Gasteiger partial charge in [0.2, 0.25) is 11.8 Å². The van der Waals surface area contributed by atoms with Gasteiger partial charge in [-0.15, -0.1) is 0 Å². The van der Waals surface area contributed by atoms with Crippen LogP contribution in [-0.2, 0) is 45.3 Å². The molecule has 10 nitrogen and oxygen atoms in total. The molecule has 0 radical (unpaired) electrons. The fourth-order valence-electron chi connectivity index (χ4n) is 2.67. The fourth-order valence-corrected chi connectivity index (χ4v) is 3.52. The van der Waals surface area contributed by atoms with Crippen molar-refractivity contribution in [2.45, 2.75) is 32.6 Å². The number of unbranched alkanes of at least 4 members (excludes halogenated alkanes) is 1. The summed E-state index contributed by atoms with van der Waals surface area (Å²) in [5.41, 5.74) is 0.0627. The molecule has 0 fully saturated rings. The lowest BCUT2D eigenvalue weighted by molar-refractivity contribution is -0.137. The molecule has 0 saturated carbocycles. The first-order valence-electron chi connectivity index (χ1n) is 10.4. The maximum atomic E-state index is 11.7. The maximum absolute atomic E-state index is 11.7. The quantitative estimate of drug-likeness (QED) is 0.160. The third-order valence-corrected chi connectivity index (χ3v) is 5.69. The van der Waals surface area contributed by atoms with E-state index < -0.39 is 11.8 Å². The van der Waals surface area contributed by atoms with Gasteiger partial charge in [-0.25, -0.2) is 0 Å². The number of nitrogens with zero attached hydrogens (tertiary/aromatic N) is 1. The van der Waals surface area contributed by atoms with Gasteiger partial charge >= 0.3 is 0 Å². The lowest BCUT2D eigenvalue weighted by atomic mass is 10.1. The summed E-state index contributed by atoms with van der Waals surface area (Å²) >= 11 is 4.71. The lowest BCUT2D eigenvalue weighted by Gasteiger charge is -2.13. The monoisotopic (exact) mass is 487 g/mol. The van der Waals surface area contributed by atoms with Gasteiger partial charge in [0, 0.05) is 44.1 Å². The molecule has 12 heteroatoms. The second kappa shape index (κ2) is 16.5. The molecule has 0 aromatic carbocycles. The SMILES string of the molecule is C[C@@H](CCCCNC(=O)COCCOCCNC(=O)CCN1C(=O)C=CC1=O)C(=O)P=S. The van der Waals surface area contributed by atoms with Crippen LogP contribution in [0.2, 0.25) is 0 Å². The van der Waals surface area contributed by atoms with E-state index in [0.29, 0.717) is 13.9 Å². The summed E-state index contributed by atoms with van der Waals surface area (Å²) in [4.78, 5) is 58.5. The molecule has 0 bridgehead atoms. The number of imide groups is 1. The first-order valence-corrected chi connectivity index (χ1v) is 12.4. The van der Waals surface area contributed by atoms with E-state index in [4.69, 9.17) is 21.3 Å². The summed E-state index contributed by atoms with van der Waals surface area (Å²) < 4.78 is 10.5. The molecule has 1 aliphatic rings. The van der Waals surface area contributed by atoms with Gasteiger partial charge in [-0.05, 0) is 24.6 Å². The summed E-state index contributed by atoms with van der Waals surface area (Å²) in [7, 11) is 0.377. The van der Waals surface area contributed by atoms with Gasteiger partial charge in [0.15, 0.2) is 5.52 Å². The Labute approximate surface area is 194 Å². The van der Waals surface area contributed by atoms with Gasteiger partial charge in [-0.3, -0.25) is 28.9 Å². The van der Waals surface area contributed by atoms with Crippen LogP contribution >= 0.6 is 7.36 Å². The van der Waals surface area contributed by atoms with Crippen LogP contribution in [0.5, 0.6) is 0 Å². The highest BCUT2D eigenvalue weighted by Gasteiger charge is 2.23. The van der Waals surface area contributed by atoms with Crippen molar-refractivity contribution in [2.75, 3.05) is 46.1 Å². The molecule has 178 valence electrons. The average Bonchev–Trinajstić information content (AvgIpc) is 3.10. The van der Waals surface area contributed by atoms with Gasteiger partial charge in [0.25, 0.3) is 11.8 Å². The molecule has 0 unspecified atom stereocenters. The van der Waals surface area contributed by atoms with Crippen LogP contribution in [-0.4, -0.2) is 80.1 Å². The van der Waals surface area contributed by atoms with Gasteiger partial charge in [0.05, 0.1) is 27.2 Å². The molecule has 2 N–H and O–H groups in total. The number of carbonyl (C=O) groups is 5. The summed E-state index contributed by atoms with van der Waals surface area (Å²) in [6.45, 7) is 3.46. The molecule has 0 aromatic rings. The molecule has 1 atom stereocenters. The average molecular weight is 488 g/mol. The second-order valence-corrected chi connectivity index (χ2v) is 8.27. The number of nitrogens with one attached hydrogen (secondary N) is 2. The Morgan fingerprint density at radius 1 is 1.00 bits per heavy atom. The number of amides is 4. The second-order valence-electron chi connectivity index (χ2n) is 7.10. The molecule has 0 aliphatic carbocycles. The molecule has 32 heavy (non-hydrogen) atoms. The Kier molecular flexibility index (Phi) is 14.5. The highest BCUT2D eigenvalue weighted by Crippen LogP contribution is 2.14. The van der Waals surface area contributed by atoms with Crippen molar-refractivity contribution in [2.24, 2.45) is 5.92 Å². The molecule has 1 aliphatic heterocycles.